The molecule has 1 saturated heterocycles. The number of carbonyl (C=O) groups is 1. The number of hydrazine groups is 1. The normalized spacial score (nSPS) is 19.5. The van der Waals surface area contributed by atoms with Gasteiger partial charge in [0.2, 0.25) is 0 Å². The van der Waals surface area contributed by atoms with E-state index in [-0.39, 0.29) is 17.6 Å². The van der Waals surface area contributed by atoms with Gasteiger partial charge in [0.05, 0.1) is 20.7 Å². The Labute approximate surface area is 171 Å². The molecule has 10 heteroatoms. The zero-order chi connectivity index (χ0) is 20.3. The standard InChI is InChI=1S/C18H17Cl2N5O3/c1-10(11-2-5-13(6-3-11)25(27)28)21-24-18(26)17-9-16(22-23-17)12-4-7-14(19)15(20)8-12/h2-8,16-17,22-23H,9H2,1H3,(H,24,26)/b21-10+. The van der Waals surface area contributed by atoms with E-state index in [0.717, 1.165) is 5.56 Å². The van der Waals surface area contributed by atoms with Crippen molar-refractivity contribution in [3.05, 3.63) is 73.8 Å². The predicted octanol–water partition coefficient (Wildman–Crippen LogP) is 3.35. The number of nitrogens with zero attached hydrogens (tertiary/aromatic N) is 2. The summed E-state index contributed by atoms with van der Waals surface area (Å²) in [5.41, 5.74) is 10.7. The molecule has 1 aliphatic heterocycles. The number of nitro benzene ring substituents is 1. The molecular formula is C18H17Cl2N5O3. The van der Waals surface area contributed by atoms with Crippen molar-refractivity contribution < 1.29 is 9.72 Å². The molecule has 2 unspecified atom stereocenters. The number of hydrogen-bond donors (Lipinski definition) is 3. The average molecular weight is 422 g/mol. The molecule has 2 aromatic rings. The Hall–Kier alpha value is -2.52. The molecular weight excluding hydrogens is 405 g/mol. The van der Waals surface area contributed by atoms with Gasteiger partial charge in [-0.15, -0.1) is 0 Å². The second-order valence-electron chi connectivity index (χ2n) is 6.28. The third-order valence-electron chi connectivity index (χ3n) is 4.40. The Morgan fingerprint density at radius 1 is 1.18 bits per heavy atom. The second-order valence-corrected chi connectivity index (χ2v) is 7.09. The number of non-ortho nitro benzene ring substituents is 1. The number of carbonyl (C=O) groups excluding carboxylic acids is 1. The molecule has 1 fully saturated rings. The molecule has 3 rings (SSSR count). The summed E-state index contributed by atoms with van der Waals surface area (Å²) in [7, 11) is 0. The van der Waals surface area contributed by atoms with E-state index >= 15 is 0 Å². The smallest absolute Gasteiger partial charge is 0.269 e. The van der Waals surface area contributed by atoms with Crippen molar-refractivity contribution in [2.75, 3.05) is 0 Å². The molecule has 0 saturated carbocycles. The molecule has 8 nitrogen and oxygen atoms in total. The molecule has 2 atom stereocenters. The quantitative estimate of drug-likeness (QED) is 0.389. The maximum atomic E-state index is 12.4. The zero-order valence-corrected chi connectivity index (χ0v) is 16.3. The molecule has 1 heterocycles. The van der Waals surface area contributed by atoms with Crippen molar-refractivity contribution in [1.82, 2.24) is 16.3 Å². The largest absolute Gasteiger partial charge is 0.271 e. The van der Waals surface area contributed by atoms with Crippen LogP contribution in [-0.4, -0.2) is 22.6 Å². The molecule has 0 radical (unpaired) electrons. The van der Waals surface area contributed by atoms with Crippen molar-refractivity contribution in [2.24, 2.45) is 5.10 Å². The number of hydrogen-bond acceptors (Lipinski definition) is 6. The van der Waals surface area contributed by atoms with Crippen LogP contribution >= 0.6 is 23.2 Å². The minimum absolute atomic E-state index is 0.00448. The number of nitrogens with one attached hydrogen (secondary N) is 3. The van der Waals surface area contributed by atoms with Crippen LogP contribution in [-0.2, 0) is 4.79 Å². The summed E-state index contributed by atoms with van der Waals surface area (Å²) in [6, 6.07) is 10.7. The molecule has 0 aliphatic carbocycles. The van der Waals surface area contributed by atoms with E-state index < -0.39 is 11.0 Å². The van der Waals surface area contributed by atoms with E-state index in [1.165, 1.54) is 12.1 Å². The summed E-state index contributed by atoms with van der Waals surface area (Å²) in [4.78, 5) is 22.6. The lowest BCUT2D eigenvalue weighted by Gasteiger charge is -2.10. The zero-order valence-electron chi connectivity index (χ0n) is 14.8. The van der Waals surface area contributed by atoms with Crippen LogP contribution in [0, 0.1) is 10.1 Å². The lowest BCUT2D eigenvalue weighted by molar-refractivity contribution is -0.384. The number of nitro groups is 1. The van der Waals surface area contributed by atoms with Gasteiger partial charge >= 0.3 is 0 Å². The third-order valence-corrected chi connectivity index (χ3v) is 5.13. The van der Waals surface area contributed by atoms with Crippen LogP contribution in [0.25, 0.3) is 0 Å². The van der Waals surface area contributed by atoms with Crippen LogP contribution in [0.5, 0.6) is 0 Å². The van der Waals surface area contributed by atoms with Gasteiger partial charge in [-0.3, -0.25) is 14.9 Å². The number of benzene rings is 2. The lowest BCUT2D eigenvalue weighted by atomic mass is 10.0. The van der Waals surface area contributed by atoms with E-state index in [2.05, 4.69) is 21.4 Å². The van der Waals surface area contributed by atoms with E-state index in [9.17, 15) is 14.9 Å². The monoisotopic (exact) mass is 421 g/mol. The fourth-order valence-corrected chi connectivity index (χ4v) is 3.09. The molecule has 3 N–H and O–H groups in total. The van der Waals surface area contributed by atoms with Gasteiger partial charge in [0.1, 0.15) is 6.04 Å². The minimum atomic E-state index is -0.479. The van der Waals surface area contributed by atoms with Crippen molar-refractivity contribution in [2.45, 2.75) is 25.4 Å². The van der Waals surface area contributed by atoms with Crippen LogP contribution in [0.3, 0.4) is 0 Å². The van der Waals surface area contributed by atoms with Crippen molar-refractivity contribution >= 4 is 40.5 Å². The maximum Gasteiger partial charge on any atom is 0.269 e. The fourth-order valence-electron chi connectivity index (χ4n) is 2.78. The summed E-state index contributed by atoms with van der Waals surface area (Å²) in [5.74, 6) is -0.295. The molecule has 1 aliphatic rings. The van der Waals surface area contributed by atoms with Crippen LogP contribution in [0.15, 0.2) is 47.6 Å². The van der Waals surface area contributed by atoms with Crippen LogP contribution in [0.1, 0.15) is 30.5 Å². The first kappa shape index (κ1) is 20.2. The Bertz CT molecular complexity index is 933. The topological polar surface area (TPSA) is 109 Å². The number of amides is 1. The summed E-state index contributed by atoms with van der Waals surface area (Å²) in [6.07, 6.45) is 0.510. The first-order chi connectivity index (χ1) is 13.3. The van der Waals surface area contributed by atoms with Gasteiger partial charge in [-0.25, -0.2) is 16.3 Å². The highest BCUT2D eigenvalue weighted by Crippen LogP contribution is 2.29. The highest BCUT2D eigenvalue weighted by Gasteiger charge is 2.30. The van der Waals surface area contributed by atoms with Crippen molar-refractivity contribution in [3.8, 4) is 0 Å². The van der Waals surface area contributed by atoms with Gasteiger partial charge in [-0.2, -0.15) is 5.10 Å². The van der Waals surface area contributed by atoms with Gasteiger partial charge in [-0.05, 0) is 48.7 Å². The molecule has 0 aromatic heterocycles. The van der Waals surface area contributed by atoms with Gasteiger partial charge in [0, 0.05) is 18.2 Å². The molecule has 146 valence electrons. The summed E-state index contributed by atoms with van der Waals surface area (Å²) >= 11 is 12.0. The lowest BCUT2D eigenvalue weighted by Crippen LogP contribution is -2.41. The first-order valence-electron chi connectivity index (χ1n) is 8.40. The van der Waals surface area contributed by atoms with Crippen molar-refractivity contribution in [1.29, 1.82) is 0 Å². The minimum Gasteiger partial charge on any atom is -0.271 e. The number of rotatable bonds is 5. The number of hydrazone groups is 1. The van der Waals surface area contributed by atoms with E-state index in [1.807, 2.05) is 6.07 Å². The van der Waals surface area contributed by atoms with Crippen LogP contribution in [0.4, 0.5) is 5.69 Å². The maximum absolute atomic E-state index is 12.4. The fraction of sp³-hybridized carbons (Fsp3) is 0.222. The summed E-state index contributed by atoms with van der Waals surface area (Å²) in [5, 5.41) is 15.7. The van der Waals surface area contributed by atoms with Gasteiger partial charge in [0.25, 0.3) is 11.6 Å². The van der Waals surface area contributed by atoms with Gasteiger partial charge in [0.15, 0.2) is 0 Å². The van der Waals surface area contributed by atoms with Crippen LogP contribution in [0.2, 0.25) is 10.0 Å². The molecule has 28 heavy (non-hydrogen) atoms. The Kier molecular flexibility index (Phi) is 6.25. The average Bonchev–Trinajstić information content (AvgIpc) is 3.18. The SMILES string of the molecule is C/C(=N\NC(=O)C1CC(c2ccc(Cl)c(Cl)c2)NN1)c1ccc([N+](=O)[O-])cc1. The highest BCUT2D eigenvalue weighted by atomic mass is 35.5. The van der Waals surface area contributed by atoms with E-state index in [4.69, 9.17) is 23.2 Å². The molecule has 0 bridgehead atoms. The second kappa shape index (κ2) is 8.66. The predicted molar refractivity (Wildman–Crippen MR) is 107 cm³/mol. The van der Waals surface area contributed by atoms with Crippen LogP contribution < -0.4 is 16.3 Å². The summed E-state index contributed by atoms with van der Waals surface area (Å²) in [6.45, 7) is 1.71. The number of halogens is 2. The Morgan fingerprint density at radius 2 is 1.89 bits per heavy atom. The highest BCUT2D eigenvalue weighted by molar-refractivity contribution is 6.42. The molecule has 2 aromatic carbocycles. The molecule has 1 amide bonds. The van der Waals surface area contributed by atoms with E-state index in [0.29, 0.717) is 27.7 Å². The Balaban J connectivity index is 1.59. The third kappa shape index (κ3) is 4.66. The van der Waals surface area contributed by atoms with E-state index in [1.54, 1.807) is 31.2 Å². The summed E-state index contributed by atoms with van der Waals surface area (Å²) < 4.78 is 0. The van der Waals surface area contributed by atoms with Gasteiger partial charge in [-0.1, -0.05) is 29.3 Å². The first-order valence-corrected chi connectivity index (χ1v) is 9.15. The van der Waals surface area contributed by atoms with Gasteiger partial charge < -0.3 is 0 Å². The Morgan fingerprint density at radius 3 is 2.54 bits per heavy atom. The molecule has 0 spiro atoms. The van der Waals surface area contributed by atoms with Crippen molar-refractivity contribution in [3.63, 3.8) is 0 Å².